The van der Waals surface area contributed by atoms with E-state index in [1.807, 2.05) is 0 Å². The molecule has 11 heteroatoms. The van der Waals surface area contributed by atoms with Crippen molar-refractivity contribution in [2.45, 2.75) is 11.1 Å². The van der Waals surface area contributed by atoms with Gasteiger partial charge in [-0.1, -0.05) is 6.07 Å². The number of aromatic nitrogens is 3. The summed E-state index contributed by atoms with van der Waals surface area (Å²) in [7, 11) is -4.21. The zero-order chi connectivity index (χ0) is 19.7. The maximum atomic E-state index is 12.6. The van der Waals surface area contributed by atoms with Crippen molar-refractivity contribution in [2.75, 3.05) is 5.32 Å². The molecule has 0 aliphatic heterocycles. The summed E-state index contributed by atoms with van der Waals surface area (Å²) in [5.41, 5.74) is -0.762. The van der Waals surface area contributed by atoms with E-state index in [4.69, 9.17) is 0 Å². The second kappa shape index (κ2) is 6.83. The number of rotatable bonds is 4. The largest absolute Gasteiger partial charge is 0.416 e. The topological polar surface area (TPSA) is 94.0 Å². The molecule has 0 atom stereocenters. The van der Waals surface area contributed by atoms with Gasteiger partial charge in [0, 0.05) is 6.20 Å². The number of amides is 1. The minimum absolute atomic E-state index is 0.0844. The van der Waals surface area contributed by atoms with Crippen molar-refractivity contribution >= 4 is 21.6 Å². The number of carbonyl (C=O) groups excluding carboxylic acids is 1. The van der Waals surface area contributed by atoms with Gasteiger partial charge in [-0.05, 0) is 36.4 Å². The van der Waals surface area contributed by atoms with Crippen LogP contribution in [0.3, 0.4) is 0 Å². The van der Waals surface area contributed by atoms with Crippen LogP contribution >= 0.6 is 0 Å². The Morgan fingerprint density at radius 3 is 2.37 bits per heavy atom. The highest BCUT2D eigenvalue weighted by Gasteiger charge is 2.31. The van der Waals surface area contributed by atoms with Crippen molar-refractivity contribution in [1.29, 1.82) is 0 Å². The number of benzene rings is 1. The third kappa shape index (κ3) is 3.97. The molecule has 2 heterocycles. The lowest BCUT2D eigenvalue weighted by molar-refractivity contribution is -0.137. The first kappa shape index (κ1) is 18.6. The molecule has 140 valence electrons. The quantitative estimate of drug-likeness (QED) is 0.732. The number of anilines is 1. The maximum absolute atomic E-state index is 12.6. The first-order chi connectivity index (χ1) is 12.7. The van der Waals surface area contributed by atoms with E-state index in [2.05, 4.69) is 15.4 Å². The molecule has 0 aliphatic carbocycles. The maximum Gasteiger partial charge on any atom is 0.416 e. The van der Waals surface area contributed by atoms with E-state index in [9.17, 15) is 26.4 Å². The van der Waals surface area contributed by atoms with Crippen LogP contribution in [-0.4, -0.2) is 28.5 Å². The fourth-order valence-electron chi connectivity index (χ4n) is 2.12. The van der Waals surface area contributed by atoms with Gasteiger partial charge in [-0.25, -0.2) is 0 Å². The van der Waals surface area contributed by atoms with Gasteiger partial charge in [-0.3, -0.25) is 9.78 Å². The fourth-order valence-corrected chi connectivity index (χ4v) is 3.24. The standard InChI is InChI=1S/C16H11F3N4O3S/c17-16(18,19)11-4-6-13(7-5-11)27(25,26)23-10-12(9-21-23)22-15(24)14-3-1-2-8-20-14/h1-10H,(H,22,24). The van der Waals surface area contributed by atoms with Gasteiger partial charge in [-0.15, -0.1) is 0 Å². The van der Waals surface area contributed by atoms with Gasteiger partial charge in [0.2, 0.25) is 0 Å². The van der Waals surface area contributed by atoms with Crippen LogP contribution in [0, 0.1) is 0 Å². The molecule has 0 bridgehead atoms. The van der Waals surface area contributed by atoms with Crippen LogP contribution in [-0.2, 0) is 16.2 Å². The van der Waals surface area contributed by atoms with Gasteiger partial charge >= 0.3 is 6.18 Å². The average Bonchev–Trinajstić information content (AvgIpc) is 3.11. The predicted octanol–water partition coefficient (Wildman–Crippen LogP) is 2.79. The Hall–Kier alpha value is -3.21. The third-order valence-corrected chi connectivity index (χ3v) is 5.00. The summed E-state index contributed by atoms with van der Waals surface area (Å²) in [4.78, 5) is 15.5. The van der Waals surface area contributed by atoms with Crippen molar-refractivity contribution in [2.24, 2.45) is 0 Å². The SMILES string of the molecule is O=C(Nc1cnn(S(=O)(=O)c2ccc(C(F)(F)F)cc2)c1)c1ccccn1. The second-order valence-electron chi connectivity index (χ2n) is 5.30. The van der Waals surface area contributed by atoms with Gasteiger partial charge in [-0.2, -0.15) is 30.8 Å². The van der Waals surface area contributed by atoms with Gasteiger partial charge in [0.15, 0.2) is 0 Å². The third-order valence-electron chi connectivity index (χ3n) is 3.44. The molecular weight excluding hydrogens is 385 g/mol. The molecule has 1 amide bonds. The zero-order valence-corrected chi connectivity index (χ0v) is 14.2. The lowest BCUT2D eigenvalue weighted by Crippen LogP contribution is -2.15. The monoisotopic (exact) mass is 396 g/mol. The summed E-state index contributed by atoms with van der Waals surface area (Å²) in [5.74, 6) is -0.568. The fraction of sp³-hybridized carbons (Fsp3) is 0.0625. The van der Waals surface area contributed by atoms with E-state index in [0.29, 0.717) is 16.2 Å². The average molecular weight is 396 g/mol. The van der Waals surface area contributed by atoms with E-state index in [-0.39, 0.29) is 16.3 Å². The van der Waals surface area contributed by atoms with Crippen molar-refractivity contribution in [1.82, 2.24) is 14.2 Å². The second-order valence-corrected chi connectivity index (χ2v) is 7.09. The molecule has 3 aromatic rings. The Morgan fingerprint density at radius 2 is 1.78 bits per heavy atom. The highest BCUT2D eigenvalue weighted by Crippen LogP contribution is 2.30. The Kier molecular flexibility index (Phi) is 4.70. The van der Waals surface area contributed by atoms with Crippen LogP contribution < -0.4 is 5.32 Å². The highest BCUT2D eigenvalue weighted by molar-refractivity contribution is 7.89. The summed E-state index contributed by atoms with van der Waals surface area (Å²) < 4.78 is 63.2. The molecule has 1 N–H and O–H groups in total. The summed E-state index contributed by atoms with van der Waals surface area (Å²) in [6.45, 7) is 0. The summed E-state index contributed by atoms with van der Waals surface area (Å²) >= 11 is 0. The zero-order valence-electron chi connectivity index (χ0n) is 13.4. The molecular formula is C16H11F3N4O3S. The predicted molar refractivity (Wildman–Crippen MR) is 88.4 cm³/mol. The van der Waals surface area contributed by atoms with Gasteiger partial charge in [0.25, 0.3) is 15.9 Å². The van der Waals surface area contributed by atoms with Crippen LogP contribution in [0.4, 0.5) is 18.9 Å². The van der Waals surface area contributed by atoms with Crippen molar-refractivity contribution in [3.8, 4) is 0 Å². The molecule has 0 saturated carbocycles. The van der Waals surface area contributed by atoms with Crippen LogP contribution in [0.15, 0.2) is 66.0 Å². The Morgan fingerprint density at radius 1 is 1.07 bits per heavy atom. The first-order valence-corrected chi connectivity index (χ1v) is 8.82. The summed E-state index contributed by atoms with van der Waals surface area (Å²) in [6, 6.07) is 7.72. The molecule has 1 aromatic carbocycles. The Bertz CT molecular complexity index is 1060. The molecule has 3 rings (SSSR count). The minimum Gasteiger partial charge on any atom is -0.318 e. The molecule has 2 aromatic heterocycles. The van der Waals surface area contributed by atoms with E-state index >= 15 is 0 Å². The minimum atomic E-state index is -4.57. The number of hydrogen-bond acceptors (Lipinski definition) is 5. The van der Waals surface area contributed by atoms with Crippen LogP contribution in [0.25, 0.3) is 0 Å². The van der Waals surface area contributed by atoms with Crippen molar-refractivity contribution in [3.63, 3.8) is 0 Å². The molecule has 0 radical (unpaired) electrons. The Balaban J connectivity index is 1.81. The van der Waals surface area contributed by atoms with Gasteiger partial charge < -0.3 is 5.32 Å². The molecule has 7 nitrogen and oxygen atoms in total. The summed E-state index contributed by atoms with van der Waals surface area (Å²) in [5, 5.41) is 6.09. The van der Waals surface area contributed by atoms with E-state index in [1.165, 1.54) is 12.3 Å². The summed E-state index contributed by atoms with van der Waals surface area (Å²) in [6.07, 6.45) is -1.01. The normalized spacial score (nSPS) is 12.0. The van der Waals surface area contributed by atoms with Crippen molar-refractivity contribution < 1.29 is 26.4 Å². The molecule has 27 heavy (non-hydrogen) atoms. The van der Waals surface area contributed by atoms with Crippen LogP contribution in [0.1, 0.15) is 16.1 Å². The van der Waals surface area contributed by atoms with Crippen LogP contribution in [0.5, 0.6) is 0 Å². The number of nitrogens with one attached hydrogen (secondary N) is 1. The number of hydrogen-bond donors (Lipinski definition) is 1. The van der Waals surface area contributed by atoms with Crippen molar-refractivity contribution in [3.05, 3.63) is 72.3 Å². The molecule has 0 aliphatic rings. The number of nitrogens with zero attached hydrogens (tertiary/aromatic N) is 3. The number of carbonyl (C=O) groups is 1. The molecule has 0 unspecified atom stereocenters. The number of pyridine rings is 1. The highest BCUT2D eigenvalue weighted by atomic mass is 32.2. The van der Waals surface area contributed by atoms with E-state index < -0.39 is 27.7 Å². The lowest BCUT2D eigenvalue weighted by Gasteiger charge is -2.08. The van der Waals surface area contributed by atoms with Crippen LogP contribution in [0.2, 0.25) is 0 Å². The first-order valence-electron chi connectivity index (χ1n) is 7.38. The van der Waals surface area contributed by atoms with Gasteiger partial charge in [0.1, 0.15) is 5.69 Å². The molecule has 0 saturated heterocycles. The van der Waals surface area contributed by atoms with Gasteiger partial charge in [0.05, 0.1) is 28.5 Å². The van der Waals surface area contributed by atoms with E-state index in [1.54, 1.807) is 12.1 Å². The smallest absolute Gasteiger partial charge is 0.318 e. The molecule has 0 spiro atoms. The van der Waals surface area contributed by atoms with E-state index in [0.717, 1.165) is 24.5 Å². The number of alkyl halides is 3. The lowest BCUT2D eigenvalue weighted by atomic mass is 10.2. The number of halogens is 3. The Labute approximate surface area is 151 Å². The molecule has 0 fully saturated rings.